The lowest BCUT2D eigenvalue weighted by Crippen LogP contribution is -2.47. The van der Waals surface area contributed by atoms with Crippen LogP contribution >= 0.6 is 11.3 Å². The number of aryl methyl sites for hydroxylation is 1. The quantitative estimate of drug-likeness (QED) is 0.855. The van der Waals surface area contributed by atoms with Gasteiger partial charge in [0.05, 0.1) is 12.1 Å². The van der Waals surface area contributed by atoms with Crippen LogP contribution in [0.25, 0.3) is 0 Å². The van der Waals surface area contributed by atoms with Crippen molar-refractivity contribution in [1.29, 1.82) is 0 Å². The van der Waals surface area contributed by atoms with Gasteiger partial charge < -0.3 is 10.6 Å². The van der Waals surface area contributed by atoms with E-state index in [0.717, 1.165) is 11.3 Å². The molecule has 0 aliphatic rings. The van der Waals surface area contributed by atoms with Gasteiger partial charge in [-0.25, -0.2) is 4.98 Å². The van der Waals surface area contributed by atoms with Crippen molar-refractivity contribution < 1.29 is 9.59 Å². The zero-order valence-corrected chi connectivity index (χ0v) is 14.3. The first-order valence-corrected chi connectivity index (χ1v) is 8.40. The molecule has 2 N–H and O–H groups in total. The van der Waals surface area contributed by atoms with Gasteiger partial charge in [0.1, 0.15) is 6.04 Å². The highest BCUT2D eigenvalue weighted by molar-refractivity contribution is 7.13. The highest BCUT2D eigenvalue weighted by Gasteiger charge is 2.24. The summed E-state index contributed by atoms with van der Waals surface area (Å²) in [5.41, 5.74) is 1.78. The first-order chi connectivity index (χ1) is 11.0. The number of hydrogen-bond acceptors (Lipinski definition) is 4. The van der Waals surface area contributed by atoms with E-state index in [4.69, 9.17) is 0 Å². The highest BCUT2D eigenvalue weighted by Crippen LogP contribution is 2.15. The molecule has 0 bridgehead atoms. The highest BCUT2D eigenvalue weighted by atomic mass is 32.1. The molecular weight excluding hydrogens is 310 g/mol. The molecule has 5 nitrogen and oxygen atoms in total. The van der Waals surface area contributed by atoms with Crippen LogP contribution in [0.1, 0.15) is 25.1 Å². The zero-order chi connectivity index (χ0) is 16.8. The van der Waals surface area contributed by atoms with Crippen molar-refractivity contribution in [2.75, 3.05) is 5.32 Å². The Hall–Kier alpha value is -2.21. The lowest BCUT2D eigenvalue weighted by atomic mass is 10.0. The maximum Gasteiger partial charge on any atom is 0.248 e. The Morgan fingerprint density at radius 1 is 1.22 bits per heavy atom. The molecular formula is C17H21N3O2S. The fourth-order valence-corrected chi connectivity index (χ4v) is 2.83. The SMILES string of the molecule is Cc1csc(NC(=O)[C@@H](NC(=O)Cc2ccccc2)C(C)C)n1. The summed E-state index contributed by atoms with van der Waals surface area (Å²) in [6, 6.07) is 8.88. The van der Waals surface area contributed by atoms with Gasteiger partial charge in [-0.15, -0.1) is 11.3 Å². The molecule has 0 spiro atoms. The number of hydrogen-bond donors (Lipinski definition) is 2. The number of nitrogens with zero attached hydrogens (tertiary/aromatic N) is 1. The second-order valence-corrected chi connectivity index (χ2v) is 6.59. The molecule has 1 aromatic carbocycles. The average molecular weight is 331 g/mol. The largest absolute Gasteiger partial charge is 0.344 e. The fourth-order valence-electron chi connectivity index (χ4n) is 2.14. The Labute approximate surface area is 140 Å². The molecule has 6 heteroatoms. The molecule has 0 saturated carbocycles. The second-order valence-electron chi connectivity index (χ2n) is 5.73. The van der Waals surface area contributed by atoms with E-state index in [1.54, 1.807) is 0 Å². The first-order valence-electron chi connectivity index (χ1n) is 7.52. The van der Waals surface area contributed by atoms with Gasteiger partial charge in [0.2, 0.25) is 11.8 Å². The van der Waals surface area contributed by atoms with Crippen LogP contribution in [-0.2, 0) is 16.0 Å². The topological polar surface area (TPSA) is 71.1 Å². The molecule has 0 aliphatic heterocycles. The minimum absolute atomic E-state index is 0.0178. The molecule has 1 heterocycles. The van der Waals surface area contributed by atoms with Crippen LogP contribution in [0.4, 0.5) is 5.13 Å². The molecule has 2 amide bonds. The van der Waals surface area contributed by atoms with Crippen molar-refractivity contribution in [2.45, 2.75) is 33.2 Å². The monoisotopic (exact) mass is 331 g/mol. The molecule has 1 aromatic heterocycles. The second kappa shape index (κ2) is 7.87. The van der Waals surface area contributed by atoms with Gasteiger partial charge in [-0.2, -0.15) is 0 Å². The number of carbonyl (C=O) groups is 2. The third kappa shape index (κ3) is 5.17. The van der Waals surface area contributed by atoms with E-state index in [2.05, 4.69) is 15.6 Å². The number of nitrogens with one attached hydrogen (secondary N) is 2. The van der Waals surface area contributed by atoms with Gasteiger partial charge in [-0.05, 0) is 18.4 Å². The lowest BCUT2D eigenvalue weighted by molar-refractivity contribution is -0.127. The summed E-state index contributed by atoms with van der Waals surface area (Å²) >= 11 is 1.37. The Bertz CT molecular complexity index is 667. The third-order valence-corrected chi connectivity index (χ3v) is 4.20. The summed E-state index contributed by atoms with van der Waals surface area (Å²) in [6.45, 7) is 5.67. The van der Waals surface area contributed by atoms with Crippen LogP contribution in [0.3, 0.4) is 0 Å². The van der Waals surface area contributed by atoms with Gasteiger partial charge in [0.25, 0.3) is 0 Å². The predicted octanol–water partition coefficient (Wildman–Crippen LogP) is 2.77. The van der Waals surface area contributed by atoms with Crippen molar-refractivity contribution in [3.63, 3.8) is 0 Å². The number of aromatic nitrogens is 1. The molecule has 1 atom stereocenters. The molecule has 122 valence electrons. The molecule has 0 unspecified atom stereocenters. The summed E-state index contributed by atoms with van der Waals surface area (Å²) in [4.78, 5) is 28.8. The van der Waals surface area contributed by atoms with Gasteiger partial charge in [-0.1, -0.05) is 44.2 Å². The molecule has 0 fully saturated rings. The van der Waals surface area contributed by atoms with E-state index in [1.807, 2.05) is 56.5 Å². The average Bonchev–Trinajstić information content (AvgIpc) is 2.90. The van der Waals surface area contributed by atoms with E-state index in [-0.39, 0.29) is 24.2 Å². The van der Waals surface area contributed by atoms with Crippen molar-refractivity contribution in [3.8, 4) is 0 Å². The smallest absolute Gasteiger partial charge is 0.248 e. The maximum absolute atomic E-state index is 12.4. The summed E-state index contributed by atoms with van der Waals surface area (Å²) in [5, 5.41) is 8.01. The summed E-state index contributed by atoms with van der Waals surface area (Å²) in [6.07, 6.45) is 0.258. The summed E-state index contributed by atoms with van der Waals surface area (Å²) in [5.74, 6) is -0.424. The van der Waals surface area contributed by atoms with Crippen molar-refractivity contribution in [3.05, 3.63) is 47.0 Å². The standard InChI is InChI=1S/C17H21N3O2S/c1-11(2)15(16(22)20-17-18-12(3)10-23-17)19-14(21)9-13-7-5-4-6-8-13/h4-8,10-11,15H,9H2,1-3H3,(H,19,21)(H,18,20,22)/t15-/m0/s1. The van der Waals surface area contributed by atoms with E-state index in [1.165, 1.54) is 11.3 Å². The number of thiazole rings is 1. The Balaban J connectivity index is 1.97. The van der Waals surface area contributed by atoms with E-state index >= 15 is 0 Å². The van der Waals surface area contributed by atoms with Crippen LogP contribution in [-0.4, -0.2) is 22.8 Å². The van der Waals surface area contributed by atoms with E-state index in [9.17, 15) is 9.59 Å². The zero-order valence-electron chi connectivity index (χ0n) is 13.5. The van der Waals surface area contributed by atoms with Gasteiger partial charge >= 0.3 is 0 Å². The van der Waals surface area contributed by atoms with E-state index in [0.29, 0.717) is 5.13 Å². The van der Waals surface area contributed by atoms with Crippen molar-refractivity contribution in [2.24, 2.45) is 5.92 Å². The molecule has 23 heavy (non-hydrogen) atoms. The Kier molecular flexibility index (Phi) is 5.87. The van der Waals surface area contributed by atoms with Crippen LogP contribution in [0.15, 0.2) is 35.7 Å². The molecule has 2 aromatic rings. The van der Waals surface area contributed by atoms with Gasteiger partial charge in [-0.3, -0.25) is 9.59 Å². The number of benzene rings is 1. The summed E-state index contributed by atoms with van der Waals surface area (Å²) < 4.78 is 0. The molecule has 0 aliphatic carbocycles. The molecule has 0 saturated heterocycles. The summed E-state index contributed by atoms with van der Waals surface area (Å²) in [7, 11) is 0. The number of anilines is 1. The van der Waals surface area contributed by atoms with Crippen molar-refractivity contribution >= 4 is 28.3 Å². The number of rotatable bonds is 6. The number of carbonyl (C=O) groups excluding carboxylic acids is 2. The van der Waals surface area contributed by atoms with Gasteiger partial charge in [0, 0.05) is 5.38 Å². The van der Waals surface area contributed by atoms with Crippen LogP contribution in [0.2, 0.25) is 0 Å². The number of amides is 2. The lowest BCUT2D eigenvalue weighted by Gasteiger charge is -2.21. The first kappa shape index (κ1) is 17.1. The predicted molar refractivity (Wildman–Crippen MR) is 92.4 cm³/mol. The van der Waals surface area contributed by atoms with Crippen LogP contribution < -0.4 is 10.6 Å². The fraction of sp³-hybridized carbons (Fsp3) is 0.353. The normalized spacial score (nSPS) is 12.0. The Morgan fingerprint density at radius 3 is 2.48 bits per heavy atom. The molecule has 0 radical (unpaired) electrons. The molecule has 2 rings (SSSR count). The van der Waals surface area contributed by atoms with E-state index < -0.39 is 6.04 Å². The van der Waals surface area contributed by atoms with Gasteiger partial charge in [0.15, 0.2) is 5.13 Å². The van der Waals surface area contributed by atoms with Crippen LogP contribution in [0, 0.1) is 12.8 Å². The Morgan fingerprint density at radius 2 is 1.91 bits per heavy atom. The minimum atomic E-state index is -0.588. The third-order valence-electron chi connectivity index (χ3n) is 3.32. The maximum atomic E-state index is 12.4. The van der Waals surface area contributed by atoms with Crippen LogP contribution in [0.5, 0.6) is 0 Å². The van der Waals surface area contributed by atoms with Crippen molar-refractivity contribution in [1.82, 2.24) is 10.3 Å². The minimum Gasteiger partial charge on any atom is -0.344 e.